The summed E-state index contributed by atoms with van der Waals surface area (Å²) in [5.41, 5.74) is 8.43. The Hall–Kier alpha value is -2.49. The average Bonchev–Trinajstić information content (AvgIpc) is 2.64. The molecule has 0 radical (unpaired) electrons. The van der Waals surface area contributed by atoms with E-state index in [0.29, 0.717) is 17.7 Å². The number of hydrogen-bond acceptors (Lipinski definition) is 2. The Bertz CT molecular complexity index is 638. The fourth-order valence-electron chi connectivity index (χ4n) is 1.87. The van der Waals surface area contributed by atoms with Crippen molar-refractivity contribution in [2.24, 2.45) is 0 Å². The summed E-state index contributed by atoms with van der Waals surface area (Å²) in [6.07, 6.45) is 4.29. The second-order valence-electron chi connectivity index (χ2n) is 4.46. The van der Waals surface area contributed by atoms with Crippen molar-refractivity contribution in [3.63, 3.8) is 0 Å². The van der Waals surface area contributed by atoms with E-state index in [0.717, 1.165) is 11.1 Å². The van der Waals surface area contributed by atoms with Crippen molar-refractivity contribution in [3.8, 4) is 0 Å². The molecule has 0 unspecified atom stereocenters. The minimum absolute atomic E-state index is 0.265. The maximum Gasteiger partial charge on any atom is 0.128 e. The maximum absolute atomic E-state index is 13.3. The summed E-state index contributed by atoms with van der Waals surface area (Å²) in [6.45, 7) is 12.2. The van der Waals surface area contributed by atoms with Gasteiger partial charge in [-0.3, -0.25) is 0 Å². The van der Waals surface area contributed by atoms with Crippen LogP contribution in [0.1, 0.15) is 44.4 Å². The Balaban J connectivity index is 0. The van der Waals surface area contributed by atoms with Gasteiger partial charge in [0.05, 0.1) is 0 Å². The van der Waals surface area contributed by atoms with Crippen molar-refractivity contribution in [1.29, 1.82) is 5.41 Å². The highest BCUT2D eigenvalue weighted by molar-refractivity contribution is 5.53. The first-order valence-corrected chi connectivity index (χ1v) is 8.38. The summed E-state index contributed by atoms with van der Waals surface area (Å²) in [6, 6.07) is 9.40. The lowest BCUT2D eigenvalue weighted by atomic mass is 10.1. The molecule has 0 aliphatic carbocycles. The number of nitrogens with one attached hydrogen (secondary N) is 1. The van der Waals surface area contributed by atoms with Crippen molar-refractivity contribution < 1.29 is 8.78 Å². The first-order chi connectivity index (χ1) is 12.1. The van der Waals surface area contributed by atoms with Gasteiger partial charge < -0.3 is 11.1 Å². The van der Waals surface area contributed by atoms with Crippen LogP contribution in [0, 0.1) is 24.0 Å². The lowest BCUT2D eigenvalue weighted by Crippen LogP contribution is -1.96. The van der Waals surface area contributed by atoms with Crippen LogP contribution in [0.25, 0.3) is 6.08 Å². The van der Waals surface area contributed by atoms with E-state index < -0.39 is 0 Å². The van der Waals surface area contributed by atoms with Crippen LogP contribution >= 0.6 is 0 Å². The van der Waals surface area contributed by atoms with Crippen molar-refractivity contribution in [1.82, 2.24) is 0 Å². The van der Waals surface area contributed by atoms with Crippen LogP contribution in [0.2, 0.25) is 0 Å². The molecule has 4 heteroatoms. The smallest absolute Gasteiger partial charge is 0.128 e. The van der Waals surface area contributed by atoms with Gasteiger partial charge in [-0.2, -0.15) is 0 Å². The first-order valence-electron chi connectivity index (χ1n) is 8.38. The summed E-state index contributed by atoms with van der Waals surface area (Å²) >= 11 is 0. The Kier molecular flexibility index (Phi) is 14.9. The Morgan fingerprint density at radius 1 is 1.04 bits per heavy atom. The van der Waals surface area contributed by atoms with Crippen molar-refractivity contribution in [2.75, 3.05) is 5.73 Å². The van der Waals surface area contributed by atoms with Crippen LogP contribution in [0.4, 0.5) is 14.5 Å². The molecular formula is C21H30F2N2. The zero-order chi connectivity index (χ0) is 19.8. The number of halogens is 2. The number of rotatable bonds is 3. The first kappa shape index (κ1) is 24.8. The van der Waals surface area contributed by atoms with Crippen molar-refractivity contribution in [2.45, 2.75) is 41.0 Å². The Morgan fingerprint density at radius 2 is 1.64 bits per heavy atom. The number of hydrogen-bond donors (Lipinski definition) is 2. The van der Waals surface area contributed by atoms with Gasteiger partial charge in [0, 0.05) is 5.69 Å². The van der Waals surface area contributed by atoms with E-state index in [9.17, 15) is 8.78 Å². The lowest BCUT2D eigenvalue weighted by molar-refractivity contribution is 0.618. The molecule has 0 saturated carbocycles. The normalized spacial score (nSPS) is 9.08. The van der Waals surface area contributed by atoms with Gasteiger partial charge in [-0.1, -0.05) is 58.0 Å². The van der Waals surface area contributed by atoms with Crippen molar-refractivity contribution in [3.05, 3.63) is 70.8 Å². The molecule has 2 aromatic carbocycles. The summed E-state index contributed by atoms with van der Waals surface area (Å²) in [4.78, 5) is 0. The van der Waals surface area contributed by atoms with Crippen molar-refractivity contribution >= 4 is 18.5 Å². The predicted molar refractivity (Wildman–Crippen MR) is 107 cm³/mol. The number of benzene rings is 2. The van der Waals surface area contributed by atoms with E-state index >= 15 is 0 Å². The van der Waals surface area contributed by atoms with Gasteiger partial charge in [0.25, 0.3) is 0 Å². The van der Waals surface area contributed by atoms with E-state index in [2.05, 4.69) is 6.72 Å². The molecule has 0 aliphatic rings. The monoisotopic (exact) mass is 348 g/mol. The summed E-state index contributed by atoms with van der Waals surface area (Å²) < 4.78 is 26.2. The number of anilines is 1. The Morgan fingerprint density at radius 3 is 2.20 bits per heavy atom. The SMILES string of the molecule is C=N.CC.CC.Cc1cc(C/C=C/c2cccc(F)c2)c(N)cc1F. The molecule has 0 fully saturated rings. The lowest BCUT2D eigenvalue weighted by Gasteiger charge is -2.05. The number of aryl methyl sites for hydroxylation is 1. The molecule has 138 valence electrons. The molecule has 3 N–H and O–H groups in total. The standard InChI is InChI=1S/C16H15F2N.2C2H6.CH3N/c1-11-8-13(16(19)10-15(11)18)6-2-4-12-5-3-7-14(17)9-12;3*1-2/h2-5,7-10H,6,19H2,1H3;2*1-2H3;2H,1H2/b4-2+;;;. The fourth-order valence-corrected chi connectivity index (χ4v) is 1.87. The highest BCUT2D eigenvalue weighted by Gasteiger charge is 2.03. The Labute approximate surface area is 150 Å². The van der Waals surface area contributed by atoms with E-state index in [1.165, 1.54) is 18.2 Å². The third-order valence-electron chi connectivity index (χ3n) is 2.92. The fraction of sp³-hybridized carbons (Fsp3) is 0.286. The predicted octanol–water partition coefficient (Wildman–Crippen LogP) is 6.43. The van der Waals surface area contributed by atoms with Gasteiger partial charge >= 0.3 is 0 Å². The molecular weight excluding hydrogens is 318 g/mol. The molecule has 25 heavy (non-hydrogen) atoms. The second kappa shape index (κ2) is 15.1. The van der Waals surface area contributed by atoms with E-state index in [1.807, 2.05) is 45.9 Å². The zero-order valence-electron chi connectivity index (χ0n) is 15.9. The van der Waals surface area contributed by atoms with Gasteiger partial charge in [0.2, 0.25) is 0 Å². The molecule has 0 spiro atoms. The van der Waals surface area contributed by atoms with E-state index in [-0.39, 0.29) is 11.6 Å². The summed E-state index contributed by atoms with van der Waals surface area (Å²) in [5, 5.41) is 5.50. The van der Waals surface area contributed by atoms with Crippen LogP contribution < -0.4 is 5.73 Å². The number of nitrogen functional groups attached to an aromatic ring is 1. The molecule has 0 bridgehead atoms. The highest BCUT2D eigenvalue weighted by Crippen LogP contribution is 2.18. The second-order valence-corrected chi connectivity index (χ2v) is 4.46. The summed E-state index contributed by atoms with van der Waals surface area (Å²) in [5.74, 6) is -0.561. The highest BCUT2D eigenvalue weighted by atomic mass is 19.1. The number of nitrogens with two attached hydrogens (primary N) is 1. The van der Waals surface area contributed by atoms with Gasteiger partial charge in [-0.15, -0.1) is 0 Å². The average molecular weight is 348 g/mol. The van der Waals surface area contributed by atoms with Gasteiger partial charge in [0.1, 0.15) is 11.6 Å². The topological polar surface area (TPSA) is 49.9 Å². The summed E-state index contributed by atoms with van der Waals surface area (Å²) in [7, 11) is 0. The van der Waals surface area contributed by atoms with Gasteiger partial charge in [-0.25, -0.2) is 8.78 Å². The molecule has 0 saturated heterocycles. The van der Waals surface area contributed by atoms with E-state index in [1.54, 1.807) is 19.1 Å². The molecule has 0 aliphatic heterocycles. The quantitative estimate of drug-likeness (QED) is 0.487. The third-order valence-corrected chi connectivity index (χ3v) is 2.92. The number of allylic oxidation sites excluding steroid dienone is 1. The van der Waals surface area contributed by atoms with Crippen LogP contribution in [-0.2, 0) is 6.42 Å². The van der Waals surface area contributed by atoms with Crippen LogP contribution in [0.15, 0.2) is 42.5 Å². The molecule has 2 aromatic rings. The van der Waals surface area contributed by atoms with Crippen LogP contribution in [0.3, 0.4) is 0 Å². The molecule has 0 atom stereocenters. The van der Waals surface area contributed by atoms with Crippen LogP contribution in [0.5, 0.6) is 0 Å². The molecule has 2 rings (SSSR count). The third kappa shape index (κ3) is 9.40. The largest absolute Gasteiger partial charge is 0.398 e. The molecule has 0 heterocycles. The van der Waals surface area contributed by atoms with Gasteiger partial charge in [-0.05, 0) is 55.0 Å². The molecule has 0 aromatic heterocycles. The zero-order valence-corrected chi connectivity index (χ0v) is 15.9. The molecule has 0 amide bonds. The minimum Gasteiger partial charge on any atom is -0.398 e. The molecule has 2 nitrogen and oxygen atoms in total. The van der Waals surface area contributed by atoms with Crippen LogP contribution in [-0.4, -0.2) is 6.72 Å². The van der Waals surface area contributed by atoms with Gasteiger partial charge in [0.15, 0.2) is 0 Å². The maximum atomic E-state index is 13.3. The minimum atomic E-state index is -0.296. The van der Waals surface area contributed by atoms with E-state index in [4.69, 9.17) is 11.1 Å².